The standard InChI is InChI=1S/C17H36ClNO.ClH/c1-5-6-7-8-9-10-11-12-13-16(14-15(2)20)17(3,4)19-18;/h15-16,19-20H,5-14H2,1-4H3;1H. The Labute approximate surface area is 143 Å². The molecule has 2 N–H and O–H groups in total. The molecule has 0 aromatic heterocycles. The van der Waals surface area contributed by atoms with Crippen LogP contribution in [-0.2, 0) is 0 Å². The van der Waals surface area contributed by atoms with Gasteiger partial charge in [-0.2, -0.15) is 0 Å². The van der Waals surface area contributed by atoms with Crippen LogP contribution in [0.25, 0.3) is 0 Å². The summed E-state index contributed by atoms with van der Waals surface area (Å²) in [6.45, 7) is 8.37. The molecule has 130 valence electrons. The lowest BCUT2D eigenvalue weighted by Crippen LogP contribution is -2.42. The zero-order valence-electron chi connectivity index (χ0n) is 14.5. The number of aliphatic hydroxyl groups excluding tert-OH is 1. The van der Waals surface area contributed by atoms with E-state index < -0.39 is 0 Å². The van der Waals surface area contributed by atoms with Crippen LogP contribution in [0.15, 0.2) is 0 Å². The summed E-state index contributed by atoms with van der Waals surface area (Å²) in [5.74, 6) is 0.431. The van der Waals surface area contributed by atoms with Crippen molar-refractivity contribution in [3.05, 3.63) is 0 Å². The average Bonchev–Trinajstić information content (AvgIpc) is 2.40. The van der Waals surface area contributed by atoms with Crippen molar-refractivity contribution in [2.45, 2.75) is 104 Å². The molecule has 0 aromatic rings. The highest BCUT2D eigenvalue weighted by Gasteiger charge is 2.29. The summed E-state index contributed by atoms with van der Waals surface area (Å²) in [6, 6.07) is 0. The van der Waals surface area contributed by atoms with E-state index >= 15 is 0 Å². The van der Waals surface area contributed by atoms with Crippen LogP contribution in [0, 0.1) is 5.92 Å². The second kappa shape index (κ2) is 14.1. The van der Waals surface area contributed by atoms with Crippen LogP contribution in [0.4, 0.5) is 0 Å². The molecule has 0 aliphatic rings. The van der Waals surface area contributed by atoms with E-state index in [1.165, 1.54) is 51.4 Å². The van der Waals surface area contributed by atoms with Crippen molar-refractivity contribution >= 4 is 24.2 Å². The van der Waals surface area contributed by atoms with Gasteiger partial charge in [-0.1, -0.05) is 58.3 Å². The van der Waals surface area contributed by atoms with E-state index in [1.807, 2.05) is 6.92 Å². The minimum Gasteiger partial charge on any atom is -0.393 e. The smallest absolute Gasteiger partial charge is 0.0515 e. The summed E-state index contributed by atoms with van der Waals surface area (Å²) in [5.41, 5.74) is -0.111. The van der Waals surface area contributed by atoms with Gasteiger partial charge < -0.3 is 5.11 Å². The van der Waals surface area contributed by atoms with Crippen LogP contribution < -0.4 is 4.84 Å². The third-order valence-electron chi connectivity index (χ3n) is 4.30. The van der Waals surface area contributed by atoms with Crippen molar-refractivity contribution in [2.75, 3.05) is 0 Å². The van der Waals surface area contributed by atoms with Gasteiger partial charge in [-0.15, -0.1) is 12.4 Å². The maximum atomic E-state index is 9.63. The number of unbranched alkanes of at least 4 members (excludes halogenated alkanes) is 7. The minimum absolute atomic E-state index is 0. The molecular weight excluding hydrogens is 305 g/mol. The van der Waals surface area contributed by atoms with Crippen molar-refractivity contribution in [1.29, 1.82) is 0 Å². The number of aliphatic hydroxyl groups is 1. The molecule has 0 bridgehead atoms. The molecule has 0 radical (unpaired) electrons. The van der Waals surface area contributed by atoms with Gasteiger partial charge in [-0.25, -0.2) is 4.84 Å². The summed E-state index contributed by atoms with van der Waals surface area (Å²) >= 11 is 5.85. The second-order valence-corrected chi connectivity index (χ2v) is 7.05. The normalized spacial score (nSPS) is 14.6. The van der Waals surface area contributed by atoms with Gasteiger partial charge in [0.25, 0.3) is 0 Å². The Kier molecular flexibility index (Phi) is 16.0. The molecule has 0 aliphatic heterocycles. The van der Waals surface area contributed by atoms with Crippen LogP contribution in [-0.4, -0.2) is 16.7 Å². The van der Waals surface area contributed by atoms with Crippen LogP contribution in [0.2, 0.25) is 0 Å². The van der Waals surface area contributed by atoms with E-state index in [0.29, 0.717) is 5.92 Å². The summed E-state index contributed by atoms with van der Waals surface area (Å²) in [4.78, 5) is 2.88. The highest BCUT2D eigenvalue weighted by molar-refractivity contribution is 6.13. The Morgan fingerprint density at radius 1 is 1.00 bits per heavy atom. The molecule has 4 heteroatoms. The van der Waals surface area contributed by atoms with Crippen LogP contribution in [0.1, 0.15) is 91.9 Å². The molecule has 2 unspecified atom stereocenters. The maximum absolute atomic E-state index is 9.63. The van der Waals surface area contributed by atoms with E-state index in [2.05, 4.69) is 25.6 Å². The zero-order valence-corrected chi connectivity index (χ0v) is 16.0. The molecule has 2 atom stereocenters. The van der Waals surface area contributed by atoms with Crippen molar-refractivity contribution in [3.8, 4) is 0 Å². The quantitative estimate of drug-likeness (QED) is 0.325. The van der Waals surface area contributed by atoms with Gasteiger partial charge in [0.15, 0.2) is 0 Å². The summed E-state index contributed by atoms with van der Waals surface area (Å²) in [5, 5.41) is 9.63. The highest BCUT2D eigenvalue weighted by atomic mass is 35.5. The summed E-state index contributed by atoms with van der Waals surface area (Å²) in [6.07, 6.45) is 12.5. The monoisotopic (exact) mass is 341 g/mol. The van der Waals surface area contributed by atoms with Gasteiger partial charge >= 0.3 is 0 Å². The topological polar surface area (TPSA) is 32.3 Å². The number of hydrogen-bond acceptors (Lipinski definition) is 2. The van der Waals surface area contributed by atoms with Gasteiger partial charge in [0.1, 0.15) is 0 Å². The first-order valence-electron chi connectivity index (χ1n) is 8.50. The Morgan fingerprint density at radius 2 is 1.48 bits per heavy atom. The Bertz CT molecular complexity index is 223. The molecule has 0 spiro atoms. The highest BCUT2D eigenvalue weighted by Crippen LogP contribution is 2.28. The molecule has 0 aromatic carbocycles. The van der Waals surface area contributed by atoms with Gasteiger partial charge in [-0.3, -0.25) is 0 Å². The maximum Gasteiger partial charge on any atom is 0.0515 e. The fourth-order valence-corrected chi connectivity index (χ4v) is 2.94. The van der Waals surface area contributed by atoms with E-state index in [1.54, 1.807) is 0 Å². The number of hydrogen-bond donors (Lipinski definition) is 2. The van der Waals surface area contributed by atoms with E-state index in [-0.39, 0.29) is 24.0 Å². The molecule has 2 nitrogen and oxygen atoms in total. The van der Waals surface area contributed by atoms with Gasteiger partial charge in [0, 0.05) is 5.54 Å². The molecule has 0 fully saturated rings. The SMILES string of the molecule is CCCCCCCCCCC(CC(C)O)C(C)(C)NCl.Cl. The van der Waals surface area contributed by atoms with E-state index in [0.717, 1.165) is 12.8 Å². The molecule has 0 aliphatic carbocycles. The first-order valence-corrected chi connectivity index (χ1v) is 8.87. The minimum atomic E-state index is -0.252. The number of nitrogens with one attached hydrogen (secondary N) is 1. The Balaban J connectivity index is 0. The van der Waals surface area contributed by atoms with Crippen molar-refractivity contribution in [2.24, 2.45) is 5.92 Å². The number of halogens is 2. The van der Waals surface area contributed by atoms with Gasteiger partial charge in [0.05, 0.1) is 6.10 Å². The van der Waals surface area contributed by atoms with Gasteiger partial charge in [0.2, 0.25) is 0 Å². The van der Waals surface area contributed by atoms with Gasteiger partial charge in [-0.05, 0) is 51.3 Å². The second-order valence-electron chi connectivity index (χ2n) is 6.86. The lowest BCUT2D eigenvalue weighted by molar-refractivity contribution is 0.126. The molecular formula is C17H37Cl2NO. The lowest BCUT2D eigenvalue weighted by atomic mass is 9.80. The van der Waals surface area contributed by atoms with Crippen molar-refractivity contribution < 1.29 is 5.11 Å². The molecule has 0 saturated heterocycles. The van der Waals surface area contributed by atoms with E-state index in [4.69, 9.17) is 11.8 Å². The first kappa shape index (κ1) is 23.8. The van der Waals surface area contributed by atoms with Crippen LogP contribution >= 0.6 is 24.2 Å². The summed E-state index contributed by atoms with van der Waals surface area (Å²) in [7, 11) is 0. The zero-order chi connectivity index (χ0) is 15.4. The van der Waals surface area contributed by atoms with Crippen LogP contribution in [0.3, 0.4) is 0 Å². The molecule has 0 amide bonds. The molecule has 0 saturated carbocycles. The molecule has 0 rings (SSSR count). The number of rotatable bonds is 13. The average molecular weight is 342 g/mol. The van der Waals surface area contributed by atoms with E-state index in [9.17, 15) is 5.11 Å². The molecule has 0 heterocycles. The predicted octanol–water partition coefficient (Wildman–Crippen LogP) is 5.85. The fraction of sp³-hybridized carbons (Fsp3) is 1.00. The Hall–Kier alpha value is 0.500. The first-order chi connectivity index (χ1) is 9.44. The third-order valence-corrected chi connectivity index (χ3v) is 4.78. The fourth-order valence-electron chi connectivity index (χ4n) is 2.79. The largest absolute Gasteiger partial charge is 0.393 e. The van der Waals surface area contributed by atoms with Crippen molar-refractivity contribution in [1.82, 2.24) is 4.84 Å². The predicted molar refractivity (Wildman–Crippen MR) is 97.3 cm³/mol. The Morgan fingerprint density at radius 3 is 1.90 bits per heavy atom. The van der Waals surface area contributed by atoms with Crippen molar-refractivity contribution in [3.63, 3.8) is 0 Å². The summed E-state index contributed by atoms with van der Waals surface area (Å²) < 4.78 is 0. The third kappa shape index (κ3) is 12.7. The van der Waals surface area contributed by atoms with Crippen LogP contribution in [0.5, 0.6) is 0 Å². The molecule has 21 heavy (non-hydrogen) atoms. The lowest BCUT2D eigenvalue weighted by Gasteiger charge is -2.34.